The van der Waals surface area contributed by atoms with Crippen molar-refractivity contribution in [3.8, 4) is 11.6 Å². The van der Waals surface area contributed by atoms with Crippen LogP contribution in [0.25, 0.3) is 0 Å². The molecular formula is C18H11ClFN5O4. The number of halogens is 2. The predicted octanol–water partition coefficient (Wildman–Crippen LogP) is 3.73. The minimum atomic E-state index is -0.756. The summed E-state index contributed by atoms with van der Waals surface area (Å²) in [6, 6.07) is 11.5. The number of carbonyl (C=O) groups excluding carboxylic acids is 1. The Balaban J connectivity index is 1.59. The minimum Gasteiger partial charge on any atom is -0.436 e. The van der Waals surface area contributed by atoms with E-state index in [0.717, 1.165) is 6.20 Å². The van der Waals surface area contributed by atoms with Crippen molar-refractivity contribution in [1.29, 1.82) is 0 Å². The molecule has 1 N–H and O–H groups in total. The summed E-state index contributed by atoms with van der Waals surface area (Å²) in [5.41, 5.74) is 3.05. The smallest absolute Gasteiger partial charge is 0.271 e. The SMILES string of the molecule is O=C(N/N=C/c1ccc(Oc2nc(Cl)ncc2F)cc1)c1ccc([N+](=O)[O-])cc1. The van der Waals surface area contributed by atoms with Gasteiger partial charge in [0.15, 0.2) is 0 Å². The molecule has 0 saturated carbocycles. The standard InChI is InChI=1S/C18H11ClFN5O4/c19-18-21-10-15(20)17(23-18)29-14-7-1-11(2-8-14)9-22-24-16(26)12-3-5-13(6-4-12)25(27)28/h1-10H,(H,24,26)/b22-9+. The van der Waals surface area contributed by atoms with Gasteiger partial charge >= 0.3 is 0 Å². The molecule has 29 heavy (non-hydrogen) atoms. The first kappa shape index (κ1) is 19.8. The van der Waals surface area contributed by atoms with Gasteiger partial charge in [-0.2, -0.15) is 14.5 Å². The first-order chi connectivity index (χ1) is 13.9. The van der Waals surface area contributed by atoms with Crippen LogP contribution in [0.4, 0.5) is 10.1 Å². The Morgan fingerprint density at radius 3 is 2.55 bits per heavy atom. The molecule has 2 aromatic carbocycles. The Morgan fingerprint density at radius 2 is 1.90 bits per heavy atom. The fourth-order valence-corrected chi connectivity index (χ4v) is 2.23. The number of aromatic nitrogens is 2. The van der Waals surface area contributed by atoms with E-state index in [4.69, 9.17) is 16.3 Å². The third kappa shape index (κ3) is 5.30. The van der Waals surface area contributed by atoms with Crippen LogP contribution >= 0.6 is 11.6 Å². The Labute approximate surface area is 168 Å². The average Bonchev–Trinajstić information content (AvgIpc) is 2.72. The lowest BCUT2D eigenvalue weighted by atomic mass is 10.2. The lowest BCUT2D eigenvalue weighted by Crippen LogP contribution is -2.17. The molecular weight excluding hydrogens is 405 g/mol. The molecule has 0 aliphatic carbocycles. The van der Waals surface area contributed by atoms with Gasteiger partial charge in [0.2, 0.25) is 11.1 Å². The van der Waals surface area contributed by atoms with E-state index < -0.39 is 16.6 Å². The van der Waals surface area contributed by atoms with Crippen molar-refractivity contribution in [1.82, 2.24) is 15.4 Å². The van der Waals surface area contributed by atoms with Gasteiger partial charge in [0, 0.05) is 17.7 Å². The van der Waals surface area contributed by atoms with Gasteiger partial charge in [-0.05, 0) is 53.6 Å². The van der Waals surface area contributed by atoms with E-state index in [1.165, 1.54) is 30.5 Å². The van der Waals surface area contributed by atoms with E-state index >= 15 is 0 Å². The van der Waals surface area contributed by atoms with Gasteiger partial charge in [-0.1, -0.05) is 0 Å². The molecule has 0 atom stereocenters. The van der Waals surface area contributed by atoms with Crippen LogP contribution in [0.1, 0.15) is 15.9 Å². The Kier molecular flexibility index (Phi) is 6.05. The van der Waals surface area contributed by atoms with Crippen molar-refractivity contribution < 1.29 is 18.8 Å². The molecule has 3 rings (SSSR count). The van der Waals surface area contributed by atoms with Crippen molar-refractivity contribution >= 4 is 29.4 Å². The lowest BCUT2D eigenvalue weighted by molar-refractivity contribution is -0.384. The first-order valence-corrected chi connectivity index (χ1v) is 8.34. The molecule has 1 heterocycles. The number of carbonyl (C=O) groups is 1. The number of nitrogens with one attached hydrogen (secondary N) is 1. The highest BCUT2D eigenvalue weighted by atomic mass is 35.5. The zero-order valence-electron chi connectivity index (χ0n) is 14.5. The number of hydrogen-bond donors (Lipinski definition) is 1. The second kappa shape index (κ2) is 8.85. The van der Waals surface area contributed by atoms with Crippen molar-refractivity contribution in [2.24, 2.45) is 5.10 Å². The summed E-state index contributed by atoms with van der Waals surface area (Å²) in [6.07, 6.45) is 2.29. The molecule has 0 unspecified atom stereocenters. The average molecular weight is 416 g/mol. The van der Waals surface area contributed by atoms with E-state index in [-0.39, 0.29) is 22.4 Å². The monoisotopic (exact) mass is 415 g/mol. The fourth-order valence-electron chi connectivity index (χ4n) is 2.10. The largest absolute Gasteiger partial charge is 0.436 e. The Morgan fingerprint density at radius 1 is 1.21 bits per heavy atom. The van der Waals surface area contributed by atoms with Crippen LogP contribution in [0.3, 0.4) is 0 Å². The number of rotatable bonds is 6. The summed E-state index contributed by atoms with van der Waals surface area (Å²) in [6.45, 7) is 0. The highest BCUT2D eigenvalue weighted by molar-refractivity contribution is 6.28. The number of nitro groups is 1. The van der Waals surface area contributed by atoms with E-state index in [9.17, 15) is 19.3 Å². The van der Waals surface area contributed by atoms with Crippen LogP contribution in [0.2, 0.25) is 5.28 Å². The first-order valence-electron chi connectivity index (χ1n) is 7.96. The Bertz CT molecular complexity index is 1070. The molecule has 0 aliphatic heterocycles. The molecule has 0 bridgehead atoms. The van der Waals surface area contributed by atoms with Crippen molar-refractivity contribution in [2.45, 2.75) is 0 Å². The van der Waals surface area contributed by atoms with E-state index in [1.54, 1.807) is 24.3 Å². The van der Waals surface area contributed by atoms with E-state index in [2.05, 4.69) is 20.5 Å². The topological polar surface area (TPSA) is 120 Å². The normalized spacial score (nSPS) is 10.7. The highest BCUT2D eigenvalue weighted by Gasteiger charge is 2.09. The summed E-state index contributed by atoms with van der Waals surface area (Å²) >= 11 is 5.61. The van der Waals surface area contributed by atoms with Crippen molar-refractivity contribution in [3.63, 3.8) is 0 Å². The quantitative estimate of drug-likeness (QED) is 0.283. The molecule has 9 nitrogen and oxygen atoms in total. The molecule has 0 fully saturated rings. The van der Waals surface area contributed by atoms with Crippen LogP contribution in [0, 0.1) is 15.9 Å². The number of ether oxygens (including phenoxy) is 1. The number of nitro benzene ring substituents is 1. The summed E-state index contributed by atoms with van der Waals surface area (Å²) in [4.78, 5) is 29.2. The van der Waals surface area contributed by atoms with Gasteiger partial charge in [-0.25, -0.2) is 10.4 Å². The van der Waals surface area contributed by atoms with Gasteiger partial charge < -0.3 is 4.74 Å². The zero-order chi connectivity index (χ0) is 20.8. The van der Waals surface area contributed by atoms with Gasteiger partial charge in [0.25, 0.3) is 17.5 Å². The predicted molar refractivity (Wildman–Crippen MR) is 102 cm³/mol. The van der Waals surface area contributed by atoms with Gasteiger partial charge in [-0.3, -0.25) is 14.9 Å². The maximum absolute atomic E-state index is 13.6. The van der Waals surface area contributed by atoms with Crippen LogP contribution in [0.5, 0.6) is 11.6 Å². The number of benzene rings is 2. The van der Waals surface area contributed by atoms with Gasteiger partial charge in [-0.15, -0.1) is 0 Å². The molecule has 1 amide bonds. The molecule has 146 valence electrons. The summed E-state index contributed by atoms with van der Waals surface area (Å²) in [5, 5.41) is 14.3. The zero-order valence-corrected chi connectivity index (χ0v) is 15.2. The van der Waals surface area contributed by atoms with Crippen LogP contribution in [0.15, 0.2) is 59.8 Å². The molecule has 0 saturated heterocycles. The molecule has 0 aliphatic rings. The van der Waals surface area contributed by atoms with Crippen LogP contribution in [-0.2, 0) is 0 Å². The summed E-state index contributed by atoms with van der Waals surface area (Å²) in [7, 11) is 0. The third-order valence-electron chi connectivity index (χ3n) is 3.50. The fraction of sp³-hybridized carbons (Fsp3) is 0. The second-order valence-corrected chi connectivity index (χ2v) is 5.80. The van der Waals surface area contributed by atoms with Crippen molar-refractivity contribution in [2.75, 3.05) is 0 Å². The molecule has 11 heteroatoms. The third-order valence-corrected chi connectivity index (χ3v) is 3.68. The molecule has 0 radical (unpaired) electrons. The number of amides is 1. The van der Waals surface area contributed by atoms with E-state index in [1.807, 2.05) is 0 Å². The van der Waals surface area contributed by atoms with E-state index in [0.29, 0.717) is 11.3 Å². The molecule has 1 aromatic heterocycles. The highest BCUT2D eigenvalue weighted by Crippen LogP contribution is 2.23. The number of hydrazone groups is 1. The van der Waals surface area contributed by atoms with Gasteiger partial charge in [0.1, 0.15) is 5.75 Å². The maximum atomic E-state index is 13.6. The number of non-ortho nitro benzene ring substituents is 1. The maximum Gasteiger partial charge on any atom is 0.271 e. The Hall–Kier alpha value is -3.92. The minimum absolute atomic E-state index is 0.114. The van der Waals surface area contributed by atoms with Crippen molar-refractivity contribution in [3.05, 3.63) is 87.1 Å². The van der Waals surface area contributed by atoms with Crippen LogP contribution in [-0.4, -0.2) is 27.0 Å². The lowest BCUT2D eigenvalue weighted by Gasteiger charge is -2.05. The number of hydrogen-bond acceptors (Lipinski definition) is 7. The summed E-state index contributed by atoms with van der Waals surface area (Å²) < 4.78 is 18.9. The molecule has 3 aromatic rings. The van der Waals surface area contributed by atoms with Gasteiger partial charge in [0.05, 0.1) is 17.3 Å². The van der Waals surface area contributed by atoms with Crippen LogP contribution < -0.4 is 10.2 Å². The summed E-state index contributed by atoms with van der Waals surface area (Å²) in [5.74, 6) is -1.27. The second-order valence-electron chi connectivity index (χ2n) is 5.47. The molecule has 0 spiro atoms. The number of nitrogens with zero attached hydrogens (tertiary/aromatic N) is 4.